The number of carbonyl (C=O) groups is 2. The summed E-state index contributed by atoms with van der Waals surface area (Å²) in [6.45, 7) is 6.91. The first-order chi connectivity index (χ1) is 14.0. The van der Waals surface area contributed by atoms with Crippen molar-refractivity contribution >= 4 is 41.5 Å². The lowest BCUT2D eigenvalue weighted by atomic mass is 9.95. The Labute approximate surface area is 188 Å². The molecule has 1 unspecified atom stereocenters. The molecule has 1 N–H and O–H groups in total. The van der Waals surface area contributed by atoms with Gasteiger partial charge in [0.1, 0.15) is 5.76 Å². The summed E-state index contributed by atoms with van der Waals surface area (Å²) in [6.07, 6.45) is 0. The number of halogens is 2. The first-order valence-corrected chi connectivity index (χ1v) is 10.2. The van der Waals surface area contributed by atoms with Gasteiger partial charge in [0.2, 0.25) is 0 Å². The van der Waals surface area contributed by atoms with Gasteiger partial charge in [0.05, 0.1) is 11.6 Å². The number of ketones is 1. The molecule has 1 aliphatic rings. The van der Waals surface area contributed by atoms with Crippen LogP contribution in [0.4, 0.5) is 0 Å². The van der Waals surface area contributed by atoms with E-state index in [1.165, 1.54) is 0 Å². The lowest BCUT2D eigenvalue weighted by Gasteiger charge is -2.28. The number of hydrogen-bond acceptors (Lipinski definition) is 4. The molecule has 0 spiro atoms. The van der Waals surface area contributed by atoms with Crippen LogP contribution in [0.1, 0.15) is 31.0 Å². The minimum atomic E-state index is -0.661. The average molecular weight is 449 g/mol. The third-order valence-corrected chi connectivity index (χ3v) is 5.58. The first kappa shape index (κ1) is 23.9. The summed E-state index contributed by atoms with van der Waals surface area (Å²) >= 11 is 5.94. The van der Waals surface area contributed by atoms with Gasteiger partial charge >= 0.3 is 0 Å². The molecule has 0 saturated carbocycles. The number of nitrogens with zero attached hydrogens (tertiary/aromatic N) is 2. The van der Waals surface area contributed by atoms with Crippen molar-refractivity contribution in [1.82, 2.24) is 9.80 Å². The summed E-state index contributed by atoms with van der Waals surface area (Å²) in [7, 11) is 0. The molecule has 160 valence electrons. The van der Waals surface area contributed by atoms with Crippen LogP contribution in [0.5, 0.6) is 0 Å². The third-order valence-electron chi connectivity index (χ3n) is 5.32. The number of likely N-dealkylation sites (tertiary alicyclic amines) is 1. The molecule has 1 amide bonds. The van der Waals surface area contributed by atoms with Gasteiger partial charge in [-0.2, -0.15) is 0 Å². The second-order valence-corrected chi connectivity index (χ2v) is 7.37. The van der Waals surface area contributed by atoms with E-state index in [-0.39, 0.29) is 23.7 Å². The van der Waals surface area contributed by atoms with Gasteiger partial charge in [0.25, 0.3) is 11.7 Å². The Kier molecular flexibility index (Phi) is 8.47. The summed E-state index contributed by atoms with van der Waals surface area (Å²) in [5.74, 6) is -1.42. The van der Waals surface area contributed by atoms with E-state index < -0.39 is 17.7 Å². The van der Waals surface area contributed by atoms with Gasteiger partial charge in [-0.15, -0.1) is 12.4 Å². The van der Waals surface area contributed by atoms with E-state index >= 15 is 0 Å². The van der Waals surface area contributed by atoms with Crippen molar-refractivity contribution < 1.29 is 14.7 Å². The highest BCUT2D eigenvalue weighted by molar-refractivity contribution is 6.46. The van der Waals surface area contributed by atoms with Crippen molar-refractivity contribution in [3.8, 4) is 0 Å². The summed E-state index contributed by atoms with van der Waals surface area (Å²) in [5.41, 5.74) is 1.36. The molecule has 3 rings (SSSR count). The summed E-state index contributed by atoms with van der Waals surface area (Å²) in [4.78, 5) is 29.5. The maximum absolute atomic E-state index is 12.9. The summed E-state index contributed by atoms with van der Waals surface area (Å²) in [5, 5.41) is 11.5. The molecule has 0 aromatic heterocycles. The monoisotopic (exact) mass is 448 g/mol. The van der Waals surface area contributed by atoms with Crippen LogP contribution < -0.4 is 0 Å². The number of Topliss-reactive ketones (excluding diaryl/α,β-unsaturated/α-hetero) is 1. The standard InChI is InChI=1S/C23H25ClN2O3.ClH/c1-3-25(4-2)14-15-26-20(16-8-6-5-7-9-16)19(22(28)23(26)29)21(27)17-10-12-18(24)13-11-17;/h5-13,20,27H,3-4,14-15H2,1-2H3;1H/b21-19+;. The molecule has 1 atom stereocenters. The van der Waals surface area contributed by atoms with E-state index in [1.807, 2.05) is 30.3 Å². The van der Waals surface area contributed by atoms with Gasteiger partial charge in [-0.05, 0) is 42.9 Å². The van der Waals surface area contributed by atoms with E-state index in [2.05, 4.69) is 18.7 Å². The van der Waals surface area contributed by atoms with Gasteiger partial charge < -0.3 is 14.9 Å². The number of amides is 1. The minimum Gasteiger partial charge on any atom is -0.507 e. The normalized spacial score (nSPS) is 18.0. The lowest BCUT2D eigenvalue weighted by Crippen LogP contribution is -2.38. The highest BCUT2D eigenvalue weighted by atomic mass is 35.5. The van der Waals surface area contributed by atoms with E-state index in [4.69, 9.17) is 11.6 Å². The molecule has 1 aliphatic heterocycles. The van der Waals surface area contributed by atoms with Crippen molar-refractivity contribution in [2.45, 2.75) is 19.9 Å². The summed E-state index contributed by atoms with van der Waals surface area (Å²) in [6, 6.07) is 15.3. The zero-order valence-electron chi connectivity index (χ0n) is 17.0. The SMILES string of the molecule is CCN(CC)CCN1C(=O)C(=O)/C(=C(/O)c2ccc(Cl)cc2)C1c1ccccc1.Cl. The fourth-order valence-corrected chi connectivity index (χ4v) is 3.77. The number of carbonyl (C=O) groups excluding carboxylic acids is 2. The van der Waals surface area contributed by atoms with Crippen LogP contribution in [0.3, 0.4) is 0 Å². The Morgan fingerprint density at radius 1 is 1.03 bits per heavy atom. The molecule has 2 aromatic rings. The van der Waals surface area contributed by atoms with Gasteiger partial charge in [-0.25, -0.2) is 0 Å². The third kappa shape index (κ3) is 4.86. The minimum absolute atomic E-state index is 0. The van der Waals surface area contributed by atoms with E-state index in [9.17, 15) is 14.7 Å². The van der Waals surface area contributed by atoms with Crippen molar-refractivity contribution in [3.63, 3.8) is 0 Å². The molecule has 7 heteroatoms. The fraction of sp³-hybridized carbons (Fsp3) is 0.304. The molecule has 1 heterocycles. The quantitative estimate of drug-likeness (QED) is 0.384. The Balaban J connectivity index is 0.00000320. The lowest BCUT2D eigenvalue weighted by molar-refractivity contribution is -0.140. The van der Waals surface area contributed by atoms with Crippen molar-refractivity contribution in [2.75, 3.05) is 26.2 Å². The Morgan fingerprint density at radius 2 is 1.63 bits per heavy atom. The molecule has 0 bridgehead atoms. The number of benzene rings is 2. The molecular formula is C23H26Cl2N2O3. The van der Waals surface area contributed by atoms with Gasteiger partial charge in [-0.3, -0.25) is 9.59 Å². The second-order valence-electron chi connectivity index (χ2n) is 6.94. The van der Waals surface area contributed by atoms with Crippen LogP contribution in [0, 0.1) is 0 Å². The van der Waals surface area contributed by atoms with Gasteiger partial charge in [-0.1, -0.05) is 55.8 Å². The number of hydrogen-bond donors (Lipinski definition) is 1. The van der Waals surface area contributed by atoms with Crippen LogP contribution in [-0.4, -0.2) is 52.8 Å². The first-order valence-electron chi connectivity index (χ1n) is 9.79. The Morgan fingerprint density at radius 3 is 2.20 bits per heavy atom. The van der Waals surface area contributed by atoms with Crippen LogP contribution in [0.2, 0.25) is 5.02 Å². The summed E-state index contributed by atoms with van der Waals surface area (Å²) < 4.78 is 0. The number of aliphatic hydroxyl groups is 1. The van der Waals surface area contributed by atoms with E-state index in [1.54, 1.807) is 29.2 Å². The number of rotatable bonds is 7. The zero-order valence-corrected chi connectivity index (χ0v) is 18.6. The number of likely N-dealkylation sites (N-methyl/N-ethyl adjacent to an activating group) is 1. The van der Waals surface area contributed by atoms with Crippen molar-refractivity contribution in [3.05, 3.63) is 76.3 Å². The van der Waals surface area contributed by atoms with Crippen molar-refractivity contribution in [1.29, 1.82) is 0 Å². The van der Waals surface area contributed by atoms with Crippen LogP contribution >= 0.6 is 24.0 Å². The molecule has 0 radical (unpaired) electrons. The largest absolute Gasteiger partial charge is 0.507 e. The molecule has 30 heavy (non-hydrogen) atoms. The van der Waals surface area contributed by atoms with Crippen LogP contribution in [-0.2, 0) is 9.59 Å². The van der Waals surface area contributed by atoms with E-state index in [0.29, 0.717) is 23.7 Å². The maximum Gasteiger partial charge on any atom is 0.295 e. The second kappa shape index (κ2) is 10.6. The molecule has 2 aromatic carbocycles. The number of aliphatic hydroxyl groups excluding tert-OH is 1. The predicted octanol–water partition coefficient (Wildman–Crippen LogP) is 4.53. The maximum atomic E-state index is 12.9. The fourth-order valence-electron chi connectivity index (χ4n) is 3.64. The van der Waals surface area contributed by atoms with Gasteiger partial charge in [0, 0.05) is 23.7 Å². The highest BCUT2D eigenvalue weighted by Gasteiger charge is 2.45. The van der Waals surface area contributed by atoms with Crippen LogP contribution in [0.25, 0.3) is 5.76 Å². The molecular weight excluding hydrogens is 423 g/mol. The predicted molar refractivity (Wildman–Crippen MR) is 122 cm³/mol. The molecule has 1 fully saturated rings. The molecule has 1 saturated heterocycles. The molecule has 0 aliphatic carbocycles. The van der Waals surface area contributed by atoms with Crippen LogP contribution in [0.15, 0.2) is 60.2 Å². The Bertz CT molecular complexity index is 910. The van der Waals surface area contributed by atoms with E-state index in [0.717, 1.165) is 18.7 Å². The molecule has 5 nitrogen and oxygen atoms in total. The smallest absolute Gasteiger partial charge is 0.295 e. The van der Waals surface area contributed by atoms with Gasteiger partial charge in [0.15, 0.2) is 0 Å². The van der Waals surface area contributed by atoms with Crippen molar-refractivity contribution in [2.24, 2.45) is 0 Å². The zero-order chi connectivity index (χ0) is 21.0. The Hall–Kier alpha value is -2.34. The highest BCUT2D eigenvalue weighted by Crippen LogP contribution is 2.39. The average Bonchev–Trinajstić information content (AvgIpc) is 3.00. The topological polar surface area (TPSA) is 60.9 Å².